The summed E-state index contributed by atoms with van der Waals surface area (Å²) in [5.41, 5.74) is 3.28. The molecule has 0 aliphatic heterocycles. The lowest BCUT2D eigenvalue weighted by atomic mass is 10.1. The smallest absolute Gasteiger partial charge is 0.310 e. The molecule has 3 aromatic carbocycles. The van der Waals surface area contributed by atoms with E-state index in [1.165, 1.54) is 12.1 Å². The van der Waals surface area contributed by atoms with Crippen molar-refractivity contribution in [1.82, 2.24) is 4.98 Å². The van der Waals surface area contributed by atoms with Crippen molar-refractivity contribution < 1.29 is 14.5 Å². The van der Waals surface area contributed by atoms with Gasteiger partial charge >= 0.3 is 5.69 Å². The second kappa shape index (κ2) is 8.30. The van der Waals surface area contributed by atoms with Crippen LogP contribution in [0.2, 0.25) is 0 Å². The highest BCUT2D eigenvalue weighted by Gasteiger charge is 2.15. The maximum Gasteiger partial charge on any atom is 0.310 e. The number of aryl methyl sites for hydroxylation is 1. The summed E-state index contributed by atoms with van der Waals surface area (Å²) in [7, 11) is 0. The number of hydrogen-bond donors (Lipinski definition) is 1. The zero-order chi connectivity index (χ0) is 21.1. The van der Waals surface area contributed by atoms with Gasteiger partial charge in [-0.05, 0) is 48.9 Å². The van der Waals surface area contributed by atoms with Gasteiger partial charge in [0.1, 0.15) is 5.01 Å². The average molecular weight is 419 g/mol. The van der Waals surface area contributed by atoms with Crippen LogP contribution in [0.25, 0.3) is 20.8 Å². The quantitative estimate of drug-likeness (QED) is 0.342. The Morgan fingerprint density at radius 1 is 1.13 bits per heavy atom. The first-order valence-corrected chi connectivity index (χ1v) is 9.95. The number of nitrogens with one attached hydrogen (secondary N) is 1. The minimum Gasteiger partial charge on any atom is -0.477 e. The molecule has 1 heterocycles. The average Bonchev–Trinajstić information content (AvgIpc) is 3.18. The summed E-state index contributed by atoms with van der Waals surface area (Å²) in [6.07, 6.45) is 0. The summed E-state index contributed by atoms with van der Waals surface area (Å²) in [5.74, 6) is -0.343. The van der Waals surface area contributed by atoms with Crippen molar-refractivity contribution in [3.63, 3.8) is 0 Å². The molecular formula is C22H17N3O4S. The van der Waals surface area contributed by atoms with E-state index in [0.29, 0.717) is 5.69 Å². The van der Waals surface area contributed by atoms with Gasteiger partial charge in [-0.2, -0.15) is 0 Å². The largest absolute Gasteiger partial charge is 0.477 e. The first kappa shape index (κ1) is 19.5. The molecule has 0 aliphatic carbocycles. The van der Waals surface area contributed by atoms with Crippen LogP contribution in [-0.4, -0.2) is 22.4 Å². The second-order valence-corrected chi connectivity index (χ2v) is 7.61. The number of nitro groups is 1. The van der Waals surface area contributed by atoms with E-state index in [1.807, 2.05) is 49.4 Å². The van der Waals surface area contributed by atoms with Gasteiger partial charge in [-0.1, -0.05) is 24.3 Å². The maximum atomic E-state index is 12.3. The molecule has 0 atom stereocenters. The van der Waals surface area contributed by atoms with Crippen molar-refractivity contribution in [1.29, 1.82) is 0 Å². The Morgan fingerprint density at radius 3 is 2.67 bits per heavy atom. The highest BCUT2D eigenvalue weighted by molar-refractivity contribution is 7.21. The van der Waals surface area contributed by atoms with Crippen LogP contribution in [0, 0.1) is 17.0 Å². The number of carbonyl (C=O) groups excluding carboxylic acids is 1. The second-order valence-electron chi connectivity index (χ2n) is 6.58. The zero-order valence-electron chi connectivity index (χ0n) is 16.0. The number of rotatable bonds is 6. The van der Waals surface area contributed by atoms with Gasteiger partial charge in [0, 0.05) is 17.3 Å². The van der Waals surface area contributed by atoms with Crippen LogP contribution in [0.3, 0.4) is 0 Å². The third-order valence-corrected chi connectivity index (χ3v) is 5.55. The van der Waals surface area contributed by atoms with E-state index in [9.17, 15) is 14.9 Å². The van der Waals surface area contributed by atoms with Crippen molar-refractivity contribution in [3.8, 4) is 16.3 Å². The molecule has 4 aromatic rings. The third-order valence-electron chi connectivity index (χ3n) is 4.46. The SMILES string of the molecule is Cc1cc(-c2nc3ccccc3s2)ccc1NC(=O)COc1ccccc1[N+](=O)[O-]. The standard InChI is InChI=1S/C22H17N3O4S/c1-14-12-15(22-24-17-6-2-5-9-20(17)30-22)10-11-16(14)23-21(26)13-29-19-8-4-3-7-18(19)25(27)28/h2-12H,13H2,1H3,(H,23,26). The molecule has 30 heavy (non-hydrogen) atoms. The highest BCUT2D eigenvalue weighted by atomic mass is 32.1. The van der Waals surface area contributed by atoms with Gasteiger partial charge in [-0.15, -0.1) is 11.3 Å². The molecule has 0 fully saturated rings. The Bertz CT molecular complexity index is 1220. The molecule has 0 spiro atoms. The number of nitro benzene ring substituents is 1. The molecule has 1 amide bonds. The lowest BCUT2D eigenvalue weighted by Crippen LogP contribution is -2.20. The Morgan fingerprint density at radius 2 is 1.90 bits per heavy atom. The van der Waals surface area contributed by atoms with Crippen LogP contribution in [0.15, 0.2) is 66.7 Å². The summed E-state index contributed by atoms with van der Waals surface area (Å²) in [6.45, 7) is 1.57. The van der Waals surface area contributed by atoms with Crippen LogP contribution in [-0.2, 0) is 4.79 Å². The van der Waals surface area contributed by atoms with E-state index >= 15 is 0 Å². The molecule has 8 heteroatoms. The maximum absolute atomic E-state index is 12.3. The highest BCUT2D eigenvalue weighted by Crippen LogP contribution is 2.32. The summed E-state index contributed by atoms with van der Waals surface area (Å²) in [6, 6.07) is 19.6. The van der Waals surface area contributed by atoms with Crippen molar-refractivity contribution in [2.75, 3.05) is 11.9 Å². The van der Waals surface area contributed by atoms with E-state index in [4.69, 9.17) is 4.74 Å². The fourth-order valence-corrected chi connectivity index (χ4v) is 3.95. The predicted octanol–water partition coefficient (Wildman–Crippen LogP) is 5.20. The van der Waals surface area contributed by atoms with E-state index in [2.05, 4.69) is 10.3 Å². The Labute approximate surface area is 176 Å². The minimum absolute atomic E-state index is 0.0561. The van der Waals surface area contributed by atoms with Gasteiger partial charge < -0.3 is 10.1 Å². The van der Waals surface area contributed by atoms with Gasteiger partial charge in [0.25, 0.3) is 5.91 Å². The lowest BCUT2D eigenvalue weighted by Gasteiger charge is -2.10. The summed E-state index contributed by atoms with van der Waals surface area (Å²) in [5, 5.41) is 14.7. The van der Waals surface area contributed by atoms with Gasteiger partial charge in [-0.25, -0.2) is 4.98 Å². The van der Waals surface area contributed by atoms with Gasteiger partial charge in [0.05, 0.1) is 15.1 Å². The van der Waals surface area contributed by atoms with E-state index in [1.54, 1.807) is 23.5 Å². The molecule has 0 unspecified atom stereocenters. The number of carbonyl (C=O) groups is 1. The van der Waals surface area contributed by atoms with Crippen molar-refractivity contribution in [3.05, 3.63) is 82.4 Å². The molecule has 1 N–H and O–H groups in total. The molecular weight excluding hydrogens is 402 g/mol. The van der Waals surface area contributed by atoms with E-state index in [0.717, 1.165) is 26.4 Å². The summed E-state index contributed by atoms with van der Waals surface area (Å²) in [4.78, 5) is 27.4. The number of aromatic nitrogens is 1. The number of nitrogens with zero attached hydrogens (tertiary/aromatic N) is 2. The van der Waals surface area contributed by atoms with Crippen LogP contribution < -0.4 is 10.1 Å². The molecule has 1 aromatic heterocycles. The van der Waals surface area contributed by atoms with Gasteiger partial charge in [-0.3, -0.25) is 14.9 Å². The number of fused-ring (bicyclic) bond motifs is 1. The number of benzene rings is 3. The summed E-state index contributed by atoms with van der Waals surface area (Å²) >= 11 is 1.61. The van der Waals surface area contributed by atoms with Crippen LogP contribution in [0.5, 0.6) is 5.75 Å². The first-order chi connectivity index (χ1) is 14.5. The number of anilines is 1. The molecule has 4 rings (SSSR count). The number of hydrogen-bond acceptors (Lipinski definition) is 6. The topological polar surface area (TPSA) is 94.4 Å². The fraction of sp³-hybridized carbons (Fsp3) is 0.0909. The number of para-hydroxylation sites is 3. The number of thiazole rings is 1. The fourth-order valence-electron chi connectivity index (χ4n) is 2.99. The predicted molar refractivity (Wildman–Crippen MR) is 117 cm³/mol. The molecule has 0 saturated heterocycles. The monoisotopic (exact) mass is 419 g/mol. The number of ether oxygens (including phenoxy) is 1. The van der Waals surface area contributed by atoms with E-state index < -0.39 is 10.8 Å². The zero-order valence-corrected chi connectivity index (χ0v) is 16.8. The third kappa shape index (κ3) is 4.13. The Hall–Kier alpha value is -3.78. The Kier molecular flexibility index (Phi) is 5.40. The minimum atomic E-state index is -0.544. The number of amides is 1. The van der Waals surface area contributed by atoms with Crippen LogP contribution in [0.4, 0.5) is 11.4 Å². The van der Waals surface area contributed by atoms with Crippen molar-refractivity contribution in [2.45, 2.75) is 6.92 Å². The molecule has 0 radical (unpaired) electrons. The van der Waals surface area contributed by atoms with E-state index in [-0.39, 0.29) is 18.0 Å². The molecule has 0 bridgehead atoms. The van der Waals surface area contributed by atoms with Crippen molar-refractivity contribution >= 4 is 38.8 Å². The van der Waals surface area contributed by atoms with Crippen LogP contribution in [0.1, 0.15) is 5.56 Å². The molecule has 7 nitrogen and oxygen atoms in total. The molecule has 0 aliphatic rings. The normalized spacial score (nSPS) is 10.7. The van der Waals surface area contributed by atoms with Gasteiger partial charge in [0.15, 0.2) is 12.4 Å². The van der Waals surface area contributed by atoms with Crippen LogP contribution >= 0.6 is 11.3 Å². The first-order valence-electron chi connectivity index (χ1n) is 9.14. The molecule has 150 valence electrons. The lowest BCUT2D eigenvalue weighted by molar-refractivity contribution is -0.385. The Balaban J connectivity index is 1.45. The van der Waals surface area contributed by atoms with Gasteiger partial charge in [0.2, 0.25) is 0 Å². The van der Waals surface area contributed by atoms with Crippen molar-refractivity contribution in [2.24, 2.45) is 0 Å². The molecule has 0 saturated carbocycles. The summed E-state index contributed by atoms with van der Waals surface area (Å²) < 4.78 is 6.46.